The minimum atomic E-state index is -0.298. The second-order valence-electron chi connectivity index (χ2n) is 6.88. The van der Waals surface area contributed by atoms with Crippen LogP contribution in [0.2, 0.25) is 0 Å². The number of pyridine rings is 1. The predicted octanol–water partition coefficient (Wildman–Crippen LogP) is 3.41. The van der Waals surface area contributed by atoms with Gasteiger partial charge in [0.25, 0.3) is 0 Å². The number of hydrogen-bond acceptors (Lipinski definition) is 4. The maximum atomic E-state index is 13.6. The lowest BCUT2D eigenvalue weighted by Crippen LogP contribution is -2.36. The van der Waals surface area contributed by atoms with E-state index in [0.717, 1.165) is 38.2 Å². The second kappa shape index (κ2) is 9.13. The topological polar surface area (TPSA) is 69.0 Å². The fourth-order valence-corrected chi connectivity index (χ4v) is 3.43. The molecule has 6 heteroatoms. The van der Waals surface area contributed by atoms with Gasteiger partial charge in [0, 0.05) is 37.8 Å². The number of hydrogen-bond donors (Lipinski definition) is 1. The summed E-state index contributed by atoms with van der Waals surface area (Å²) in [6.07, 6.45) is 5.00. The molecule has 1 amide bonds. The molecule has 1 aromatic carbocycles. The molecule has 1 aliphatic heterocycles. The van der Waals surface area contributed by atoms with Crippen LogP contribution in [0.25, 0.3) is 0 Å². The van der Waals surface area contributed by atoms with E-state index < -0.39 is 0 Å². The molecule has 140 valence electrons. The number of rotatable bonds is 6. The van der Waals surface area contributed by atoms with Crippen molar-refractivity contribution in [1.82, 2.24) is 10.3 Å². The van der Waals surface area contributed by atoms with Crippen molar-refractivity contribution in [3.63, 3.8) is 0 Å². The minimum Gasteiger partial charge on any atom is -0.356 e. The predicted molar refractivity (Wildman–Crippen MR) is 101 cm³/mol. The van der Waals surface area contributed by atoms with Gasteiger partial charge in [-0.1, -0.05) is 18.2 Å². The number of carbonyl (C=O) groups excluding carboxylic acids is 1. The highest BCUT2D eigenvalue weighted by molar-refractivity contribution is 5.75. The molecule has 0 saturated carbocycles. The molecule has 0 spiro atoms. The van der Waals surface area contributed by atoms with Crippen molar-refractivity contribution in [2.45, 2.75) is 32.2 Å². The van der Waals surface area contributed by atoms with Crippen LogP contribution in [0, 0.1) is 23.1 Å². The zero-order chi connectivity index (χ0) is 19.1. The van der Waals surface area contributed by atoms with E-state index in [4.69, 9.17) is 5.26 Å². The fraction of sp³-hybridized carbons (Fsp3) is 0.381. The Morgan fingerprint density at radius 3 is 3.04 bits per heavy atom. The summed E-state index contributed by atoms with van der Waals surface area (Å²) in [4.78, 5) is 18.7. The summed E-state index contributed by atoms with van der Waals surface area (Å²) in [5.41, 5.74) is 1.10. The van der Waals surface area contributed by atoms with Gasteiger partial charge in [0.15, 0.2) is 0 Å². The molecule has 0 radical (unpaired) electrons. The average Bonchev–Trinajstić information content (AvgIpc) is 2.72. The zero-order valence-corrected chi connectivity index (χ0v) is 15.2. The van der Waals surface area contributed by atoms with Gasteiger partial charge in [0.2, 0.25) is 5.91 Å². The van der Waals surface area contributed by atoms with E-state index in [0.29, 0.717) is 23.5 Å². The molecular formula is C21H23FN4O. The van der Waals surface area contributed by atoms with Crippen molar-refractivity contribution in [1.29, 1.82) is 5.26 Å². The average molecular weight is 366 g/mol. The van der Waals surface area contributed by atoms with Crippen LogP contribution in [0.1, 0.15) is 36.8 Å². The lowest BCUT2D eigenvalue weighted by molar-refractivity contribution is -0.121. The van der Waals surface area contributed by atoms with E-state index in [9.17, 15) is 9.18 Å². The van der Waals surface area contributed by atoms with Crippen molar-refractivity contribution < 1.29 is 9.18 Å². The number of nitrogens with zero attached hydrogens (tertiary/aromatic N) is 3. The van der Waals surface area contributed by atoms with Gasteiger partial charge in [0.1, 0.15) is 11.6 Å². The summed E-state index contributed by atoms with van der Waals surface area (Å²) in [5, 5.41) is 11.8. The van der Waals surface area contributed by atoms with Crippen LogP contribution < -0.4 is 10.2 Å². The molecule has 0 unspecified atom stereocenters. The van der Waals surface area contributed by atoms with Crippen molar-refractivity contribution in [2.75, 3.05) is 18.0 Å². The molecule has 1 N–H and O–H groups in total. The first-order valence-corrected chi connectivity index (χ1v) is 9.27. The van der Waals surface area contributed by atoms with Crippen LogP contribution in [0.5, 0.6) is 0 Å². The van der Waals surface area contributed by atoms with E-state index in [2.05, 4.69) is 21.3 Å². The number of nitriles is 1. The van der Waals surface area contributed by atoms with E-state index in [1.54, 1.807) is 30.5 Å². The molecule has 27 heavy (non-hydrogen) atoms. The normalized spacial score (nSPS) is 16.6. The van der Waals surface area contributed by atoms with Crippen LogP contribution in [0.4, 0.5) is 10.2 Å². The monoisotopic (exact) mass is 366 g/mol. The second-order valence-corrected chi connectivity index (χ2v) is 6.88. The molecule has 1 atom stereocenters. The Morgan fingerprint density at radius 2 is 2.22 bits per heavy atom. The number of anilines is 1. The first-order chi connectivity index (χ1) is 13.2. The number of aromatic nitrogens is 1. The Labute approximate surface area is 158 Å². The molecule has 3 rings (SSSR count). The zero-order valence-electron chi connectivity index (χ0n) is 15.2. The largest absolute Gasteiger partial charge is 0.356 e. The van der Waals surface area contributed by atoms with Gasteiger partial charge in [-0.05, 0) is 43.4 Å². The van der Waals surface area contributed by atoms with E-state index in [1.165, 1.54) is 6.07 Å². The molecule has 1 saturated heterocycles. The highest BCUT2D eigenvalue weighted by Gasteiger charge is 2.21. The van der Waals surface area contributed by atoms with E-state index >= 15 is 0 Å². The molecule has 1 aromatic heterocycles. The van der Waals surface area contributed by atoms with Gasteiger partial charge in [-0.2, -0.15) is 5.26 Å². The number of carbonyl (C=O) groups is 1. The third-order valence-corrected chi connectivity index (χ3v) is 4.93. The number of halogens is 1. The third-order valence-electron chi connectivity index (χ3n) is 4.93. The molecular weight excluding hydrogens is 343 g/mol. The Kier molecular flexibility index (Phi) is 6.37. The standard InChI is InChI=1S/C21H23FN4O/c22-19-6-2-1-5-18(19)14-25-21(27)8-7-16-4-3-11-26(15-16)20-12-17(13-23)9-10-24-20/h1-2,5-6,9-10,12,16H,3-4,7-8,11,14-15H2,(H,25,27)/t16-/m0/s1. The molecule has 0 aliphatic carbocycles. The summed E-state index contributed by atoms with van der Waals surface area (Å²) in [6, 6.07) is 12.1. The highest BCUT2D eigenvalue weighted by atomic mass is 19.1. The first kappa shape index (κ1) is 18.8. The lowest BCUT2D eigenvalue weighted by Gasteiger charge is -2.33. The van der Waals surface area contributed by atoms with Crippen LogP contribution in [0.3, 0.4) is 0 Å². The summed E-state index contributed by atoms with van der Waals surface area (Å²) >= 11 is 0. The quantitative estimate of drug-likeness (QED) is 0.851. The molecule has 2 aromatic rings. The van der Waals surface area contributed by atoms with Crippen LogP contribution in [-0.4, -0.2) is 24.0 Å². The van der Waals surface area contributed by atoms with Crippen LogP contribution >= 0.6 is 0 Å². The van der Waals surface area contributed by atoms with Gasteiger partial charge in [-0.25, -0.2) is 9.37 Å². The Hall–Kier alpha value is -2.94. The first-order valence-electron chi connectivity index (χ1n) is 9.27. The van der Waals surface area contributed by atoms with E-state index in [-0.39, 0.29) is 18.3 Å². The Balaban J connectivity index is 1.47. The van der Waals surface area contributed by atoms with E-state index in [1.807, 2.05) is 6.07 Å². The van der Waals surface area contributed by atoms with Gasteiger partial charge < -0.3 is 10.2 Å². The van der Waals surface area contributed by atoms with Crippen molar-refractivity contribution in [2.24, 2.45) is 5.92 Å². The third kappa shape index (κ3) is 5.27. The smallest absolute Gasteiger partial charge is 0.220 e. The Morgan fingerprint density at radius 1 is 1.37 bits per heavy atom. The SMILES string of the molecule is N#Cc1ccnc(N2CCC[C@@H](CCC(=O)NCc3ccccc3F)C2)c1. The Bertz CT molecular complexity index is 833. The van der Waals surface area contributed by atoms with Gasteiger partial charge in [0.05, 0.1) is 11.6 Å². The molecule has 1 fully saturated rings. The molecule has 2 heterocycles. The maximum absolute atomic E-state index is 13.6. The summed E-state index contributed by atoms with van der Waals surface area (Å²) < 4.78 is 13.6. The lowest BCUT2D eigenvalue weighted by atomic mass is 9.93. The summed E-state index contributed by atoms with van der Waals surface area (Å²) in [7, 11) is 0. The maximum Gasteiger partial charge on any atom is 0.220 e. The van der Waals surface area contributed by atoms with Crippen molar-refractivity contribution in [3.8, 4) is 6.07 Å². The van der Waals surface area contributed by atoms with Crippen molar-refractivity contribution in [3.05, 3.63) is 59.5 Å². The van der Waals surface area contributed by atoms with Crippen molar-refractivity contribution >= 4 is 11.7 Å². The molecule has 1 aliphatic rings. The fourth-order valence-electron chi connectivity index (χ4n) is 3.43. The highest BCUT2D eigenvalue weighted by Crippen LogP contribution is 2.25. The number of amides is 1. The van der Waals surface area contributed by atoms with Gasteiger partial charge in [-0.15, -0.1) is 0 Å². The van der Waals surface area contributed by atoms with Crippen LogP contribution in [-0.2, 0) is 11.3 Å². The summed E-state index contributed by atoms with van der Waals surface area (Å²) in [6.45, 7) is 1.97. The van der Waals surface area contributed by atoms with Gasteiger partial charge >= 0.3 is 0 Å². The van der Waals surface area contributed by atoms with Gasteiger partial charge in [-0.3, -0.25) is 4.79 Å². The minimum absolute atomic E-state index is 0.0556. The summed E-state index contributed by atoms with van der Waals surface area (Å²) in [5.74, 6) is 0.876. The molecule has 5 nitrogen and oxygen atoms in total. The number of nitrogens with one attached hydrogen (secondary N) is 1. The molecule has 0 bridgehead atoms. The number of benzene rings is 1. The number of piperidine rings is 1. The van der Waals surface area contributed by atoms with Crippen LogP contribution in [0.15, 0.2) is 42.6 Å².